The number of nitrogens with zero attached hydrogens (tertiary/aromatic N) is 4. The van der Waals surface area contributed by atoms with Crippen molar-refractivity contribution in [3.8, 4) is 6.07 Å². The number of rotatable bonds is 8. The van der Waals surface area contributed by atoms with Crippen LogP contribution in [-0.4, -0.2) is 27.9 Å². The summed E-state index contributed by atoms with van der Waals surface area (Å²) in [5.41, 5.74) is 3.36. The van der Waals surface area contributed by atoms with Gasteiger partial charge in [-0.2, -0.15) is 5.26 Å². The summed E-state index contributed by atoms with van der Waals surface area (Å²) in [6.45, 7) is 5.04. The Hall–Kier alpha value is -3.64. The maximum Gasteiger partial charge on any atom is 0.274 e. The quantitative estimate of drug-likeness (QED) is 0.474. The highest BCUT2D eigenvalue weighted by atomic mass is 32.1. The van der Waals surface area contributed by atoms with Crippen LogP contribution in [0.25, 0.3) is 0 Å². The molecule has 0 saturated carbocycles. The molecule has 1 fully saturated rings. The molecule has 3 heterocycles. The van der Waals surface area contributed by atoms with Crippen molar-refractivity contribution in [1.82, 2.24) is 9.55 Å². The minimum Gasteiger partial charge on any atom is -0.363 e. The number of carbonyl (C=O) groups excluding carboxylic acids is 2. The maximum atomic E-state index is 12.9. The molecule has 1 aliphatic heterocycles. The standard InChI is InChI=1S/C25H28N6O2S/c1-17(11-12-26)15-30-13-3-6-23(30)24(33)29-25-28-21(16-34-25)22-5-4-14-31(22)20-9-7-19(8-10-20)27-18(2)32/h3,6-10,13,16-17,22H,4-5,11,14-15H2,1-2H3,(H,27,32)(H,28,29,33). The number of anilines is 3. The van der Waals surface area contributed by atoms with E-state index in [2.05, 4.69) is 21.6 Å². The molecule has 4 rings (SSSR count). The highest BCUT2D eigenvalue weighted by Gasteiger charge is 2.28. The van der Waals surface area contributed by atoms with Crippen LogP contribution < -0.4 is 15.5 Å². The van der Waals surface area contributed by atoms with E-state index in [0.717, 1.165) is 36.5 Å². The van der Waals surface area contributed by atoms with Crippen LogP contribution in [0.2, 0.25) is 0 Å². The van der Waals surface area contributed by atoms with Crippen molar-refractivity contribution in [1.29, 1.82) is 5.26 Å². The summed E-state index contributed by atoms with van der Waals surface area (Å²) >= 11 is 1.43. The fourth-order valence-corrected chi connectivity index (χ4v) is 5.07. The lowest BCUT2D eigenvalue weighted by atomic mass is 10.1. The van der Waals surface area contributed by atoms with Gasteiger partial charge in [-0.05, 0) is 55.2 Å². The van der Waals surface area contributed by atoms with Crippen LogP contribution in [0.4, 0.5) is 16.5 Å². The molecular formula is C25H28N6O2S. The van der Waals surface area contributed by atoms with E-state index in [0.29, 0.717) is 23.8 Å². The number of benzene rings is 1. The van der Waals surface area contributed by atoms with E-state index in [1.54, 1.807) is 6.07 Å². The number of aromatic nitrogens is 2. The molecule has 2 atom stereocenters. The molecule has 2 N–H and O–H groups in total. The smallest absolute Gasteiger partial charge is 0.274 e. The average molecular weight is 477 g/mol. The monoisotopic (exact) mass is 476 g/mol. The van der Waals surface area contributed by atoms with Gasteiger partial charge in [0.05, 0.1) is 17.8 Å². The molecule has 1 aromatic carbocycles. The van der Waals surface area contributed by atoms with Gasteiger partial charge < -0.3 is 14.8 Å². The summed E-state index contributed by atoms with van der Waals surface area (Å²) in [4.78, 5) is 31.2. The summed E-state index contributed by atoms with van der Waals surface area (Å²) in [5.74, 6) is -0.129. The number of carbonyl (C=O) groups is 2. The van der Waals surface area contributed by atoms with Gasteiger partial charge in [-0.1, -0.05) is 6.92 Å². The highest BCUT2D eigenvalue weighted by molar-refractivity contribution is 7.14. The molecule has 2 aromatic heterocycles. The van der Waals surface area contributed by atoms with Crippen LogP contribution in [0.1, 0.15) is 55.3 Å². The maximum absolute atomic E-state index is 12.9. The zero-order valence-electron chi connectivity index (χ0n) is 19.3. The van der Waals surface area contributed by atoms with E-state index >= 15 is 0 Å². The first-order chi connectivity index (χ1) is 16.4. The van der Waals surface area contributed by atoms with Crippen LogP contribution in [0.5, 0.6) is 0 Å². The van der Waals surface area contributed by atoms with Crippen molar-refractivity contribution in [2.75, 3.05) is 22.1 Å². The molecule has 0 radical (unpaired) electrons. The zero-order chi connectivity index (χ0) is 24.1. The molecule has 2 unspecified atom stereocenters. The van der Waals surface area contributed by atoms with E-state index in [4.69, 9.17) is 10.2 Å². The van der Waals surface area contributed by atoms with Gasteiger partial charge in [0.15, 0.2) is 5.13 Å². The van der Waals surface area contributed by atoms with Crippen molar-refractivity contribution in [2.24, 2.45) is 5.92 Å². The van der Waals surface area contributed by atoms with Crippen LogP contribution in [0, 0.1) is 17.2 Å². The van der Waals surface area contributed by atoms with Gasteiger partial charge in [0.1, 0.15) is 5.69 Å². The molecule has 34 heavy (non-hydrogen) atoms. The van der Waals surface area contributed by atoms with Crippen molar-refractivity contribution in [3.05, 3.63) is 59.4 Å². The number of thiazole rings is 1. The normalized spacial score (nSPS) is 16.1. The lowest BCUT2D eigenvalue weighted by Gasteiger charge is -2.25. The van der Waals surface area contributed by atoms with Gasteiger partial charge in [-0.25, -0.2) is 4.98 Å². The molecule has 9 heteroatoms. The second kappa shape index (κ2) is 10.5. The molecule has 2 amide bonds. The van der Waals surface area contributed by atoms with Crippen LogP contribution in [0.3, 0.4) is 0 Å². The molecule has 1 aliphatic rings. The topological polar surface area (TPSA) is 103 Å². The third-order valence-corrected chi connectivity index (χ3v) is 6.64. The average Bonchev–Trinajstić information content (AvgIpc) is 3.54. The molecule has 3 aromatic rings. The molecule has 0 bridgehead atoms. The zero-order valence-corrected chi connectivity index (χ0v) is 20.1. The fourth-order valence-electron chi connectivity index (χ4n) is 4.32. The van der Waals surface area contributed by atoms with Crippen molar-refractivity contribution >= 4 is 39.7 Å². The second-order valence-electron chi connectivity index (χ2n) is 8.62. The van der Waals surface area contributed by atoms with Gasteiger partial charge in [-0.15, -0.1) is 11.3 Å². The van der Waals surface area contributed by atoms with E-state index in [9.17, 15) is 9.59 Å². The SMILES string of the molecule is CC(=O)Nc1ccc(N2CCCC2c2csc(NC(=O)c3cccn3CC(C)CC#N)n2)cc1. The predicted octanol–water partition coefficient (Wildman–Crippen LogP) is 5.05. The van der Waals surface area contributed by atoms with Crippen LogP contribution in [-0.2, 0) is 11.3 Å². The second-order valence-corrected chi connectivity index (χ2v) is 9.48. The first kappa shape index (κ1) is 23.5. The van der Waals surface area contributed by atoms with E-state index < -0.39 is 0 Å². The lowest BCUT2D eigenvalue weighted by Crippen LogP contribution is -2.23. The molecule has 8 nitrogen and oxygen atoms in total. The Morgan fingerprint density at radius 3 is 2.79 bits per heavy atom. The molecule has 1 saturated heterocycles. The van der Waals surface area contributed by atoms with Gasteiger partial charge in [-0.3, -0.25) is 14.9 Å². The summed E-state index contributed by atoms with van der Waals surface area (Å²) in [5, 5.41) is 17.2. The van der Waals surface area contributed by atoms with Gasteiger partial charge in [0.25, 0.3) is 5.91 Å². The largest absolute Gasteiger partial charge is 0.363 e. The third kappa shape index (κ3) is 5.46. The van der Waals surface area contributed by atoms with Crippen LogP contribution >= 0.6 is 11.3 Å². The van der Waals surface area contributed by atoms with E-state index in [1.165, 1.54) is 18.3 Å². The summed E-state index contributed by atoms with van der Waals surface area (Å²) in [7, 11) is 0. The Labute approximate surface area is 203 Å². The molecule has 0 spiro atoms. The Balaban J connectivity index is 1.43. The number of hydrogen-bond donors (Lipinski definition) is 2. The summed E-state index contributed by atoms with van der Waals surface area (Å²) in [6, 6.07) is 13.8. The van der Waals surface area contributed by atoms with E-state index in [-0.39, 0.29) is 23.8 Å². The molecule has 176 valence electrons. The number of amides is 2. The Morgan fingerprint density at radius 1 is 1.26 bits per heavy atom. The number of nitriles is 1. The predicted molar refractivity (Wildman–Crippen MR) is 134 cm³/mol. The fraction of sp³-hybridized carbons (Fsp3) is 0.360. The molecule has 0 aliphatic carbocycles. The minimum atomic E-state index is -0.202. The van der Waals surface area contributed by atoms with Gasteiger partial charge in [0, 0.05) is 49.4 Å². The Morgan fingerprint density at radius 2 is 2.06 bits per heavy atom. The Kier molecular flexibility index (Phi) is 7.28. The lowest BCUT2D eigenvalue weighted by molar-refractivity contribution is -0.114. The Bertz CT molecular complexity index is 1190. The van der Waals surface area contributed by atoms with Crippen molar-refractivity contribution < 1.29 is 9.59 Å². The summed E-state index contributed by atoms with van der Waals surface area (Å²) in [6.07, 6.45) is 4.36. The highest BCUT2D eigenvalue weighted by Crippen LogP contribution is 2.37. The van der Waals surface area contributed by atoms with E-state index in [1.807, 2.05) is 53.4 Å². The molecular weight excluding hydrogens is 448 g/mol. The van der Waals surface area contributed by atoms with Crippen molar-refractivity contribution in [2.45, 2.75) is 45.7 Å². The number of nitrogens with one attached hydrogen (secondary N) is 2. The first-order valence-corrected chi connectivity index (χ1v) is 12.3. The first-order valence-electron chi connectivity index (χ1n) is 11.4. The van der Waals surface area contributed by atoms with Gasteiger partial charge >= 0.3 is 0 Å². The minimum absolute atomic E-state index is 0.0900. The van der Waals surface area contributed by atoms with Gasteiger partial charge in [0.2, 0.25) is 5.91 Å². The van der Waals surface area contributed by atoms with Crippen LogP contribution in [0.15, 0.2) is 48.0 Å². The van der Waals surface area contributed by atoms with Crippen molar-refractivity contribution in [3.63, 3.8) is 0 Å². The third-order valence-electron chi connectivity index (χ3n) is 5.87. The summed E-state index contributed by atoms with van der Waals surface area (Å²) < 4.78 is 1.88. The number of hydrogen-bond acceptors (Lipinski definition) is 6.